The standard InChI is InChI=1S/C21H13BrClN3O5/c22-18-11-13(12-24-25-20(27)14-2-6-16(23)7-3-14)1-10-19(18)31-21(28)15-4-8-17(9-5-15)26(29)30/h1-12H,(H,25,27)/b24-12+. The molecule has 0 unspecified atom stereocenters. The minimum absolute atomic E-state index is 0.121. The maximum Gasteiger partial charge on any atom is 0.343 e. The molecule has 31 heavy (non-hydrogen) atoms. The Morgan fingerprint density at radius 1 is 1.03 bits per heavy atom. The third-order valence-electron chi connectivity index (χ3n) is 3.96. The van der Waals surface area contributed by atoms with Crippen molar-refractivity contribution < 1.29 is 19.2 Å². The van der Waals surface area contributed by atoms with Crippen LogP contribution in [-0.4, -0.2) is 23.0 Å². The highest BCUT2D eigenvalue weighted by Gasteiger charge is 2.13. The highest BCUT2D eigenvalue weighted by Crippen LogP contribution is 2.26. The van der Waals surface area contributed by atoms with Crippen LogP contribution in [0.4, 0.5) is 5.69 Å². The van der Waals surface area contributed by atoms with Crippen LogP contribution in [0, 0.1) is 10.1 Å². The van der Waals surface area contributed by atoms with E-state index in [1.807, 2.05) is 0 Å². The van der Waals surface area contributed by atoms with Crippen molar-refractivity contribution in [1.82, 2.24) is 5.43 Å². The van der Waals surface area contributed by atoms with Gasteiger partial charge in [-0.3, -0.25) is 14.9 Å². The molecule has 0 radical (unpaired) electrons. The van der Waals surface area contributed by atoms with Crippen LogP contribution in [-0.2, 0) is 0 Å². The first-order chi connectivity index (χ1) is 14.8. The first-order valence-electron chi connectivity index (χ1n) is 8.68. The van der Waals surface area contributed by atoms with Crippen LogP contribution in [0.1, 0.15) is 26.3 Å². The summed E-state index contributed by atoms with van der Waals surface area (Å²) in [6.07, 6.45) is 1.43. The molecule has 10 heteroatoms. The molecule has 0 aromatic heterocycles. The number of hydrazone groups is 1. The fourth-order valence-corrected chi connectivity index (χ4v) is 2.99. The van der Waals surface area contributed by atoms with Crippen molar-refractivity contribution in [3.05, 3.63) is 103 Å². The fourth-order valence-electron chi connectivity index (χ4n) is 2.39. The number of hydrogen-bond donors (Lipinski definition) is 1. The van der Waals surface area contributed by atoms with Gasteiger partial charge in [0.25, 0.3) is 11.6 Å². The number of hydrogen-bond acceptors (Lipinski definition) is 6. The number of halogens is 2. The minimum atomic E-state index is -0.660. The number of esters is 1. The molecule has 0 fully saturated rings. The number of ether oxygens (including phenoxy) is 1. The minimum Gasteiger partial charge on any atom is -0.422 e. The van der Waals surface area contributed by atoms with Crippen LogP contribution in [0.2, 0.25) is 5.02 Å². The van der Waals surface area contributed by atoms with Crippen molar-refractivity contribution in [2.45, 2.75) is 0 Å². The van der Waals surface area contributed by atoms with Crippen molar-refractivity contribution >= 4 is 51.3 Å². The Morgan fingerprint density at radius 3 is 2.29 bits per heavy atom. The van der Waals surface area contributed by atoms with E-state index in [4.69, 9.17) is 16.3 Å². The number of rotatable bonds is 6. The maximum absolute atomic E-state index is 12.2. The van der Waals surface area contributed by atoms with Gasteiger partial charge >= 0.3 is 5.97 Å². The van der Waals surface area contributed by atoms with Crippen LogP contribution in [0.15, 0.2) is 76.3 Å². The molecule has 0 saturated heterocycles. The van der Waals surface area contributed by atoms with Gasteiger partial charge in [-0.05, 0) is 76.1 Å². The summed E-state index contributed by atoms with van der Waals surface area (Å²) >= 11 is 9.11. The summed E-state index contributed by atoms with van der Waals surface area (Å²) in [5.41, 5.74) is 3.51. The molecule has 156 valence electrons. The lowest BCUT2D eigenvalue weighted by Crippen LogP contribution is -2.17. The van der Waals surface area contributed by atoms with Crippen LogP contribution in [0.25, 0.3) is 0 Å². The molecule has 0 aliphatic rings. The number of nitro groups is 1. The smallest absolute Gasteiger partial charge is 0.343 e. The van der Waals surface area contributed by atoms with E-state index in [0.29, 0.717) is 20.6 Å². The lowest BCUT2D eigenvalue weighted by molar-refractivity contribution is -0.384. The summed E-state index contributed by atoms with van der Waals surface area (Å²) in [6, 6.07) is 16.3. The molecule has 3 aromatic rings. The van der Waals surface area contributed by atoms with E-state index in [2.05, 4.69) is 26.5 Å². The lowest BCUT2D eigenvalue weighted by atomic mass is 10.2. The van der Waals surface area contributed by atoms with Crippen LogP contribution >= 0.6 is 27.5 Å². The average Bonchev–Trinajstić information content (AvgIpc) is 2.76. The molecule has 1 amide bonds. The van der Waals surface area contributed by atoms with E-state index >= 15 is 0 Å². The van der Waals surface area contributed by atoms with Gasteiger partial charge in [0.15, 0.2) is 0 Å². The van der Waals surface area contributed by atoms with Gasteiger partial charge in [-0.25, -0.2) is 10.2 Å². The SMILES string of the molecule is O=C(N/N=C/c1ccc(OC(=O)c2ccc([N+](=O)[O-])cc2)c(Br)c1)c1ccc(Cl)cc1. The zero-order chi connectivity index (χ0) is 22.4. The van der Waals surface area contributed by atoms with E-state index in [0.717, 1.165) is 0 Å². The largest absolute Gasteiger partial charge is 0.422 e. The van der Waals surface area contributed by atoms with Gasteiger partial charge in [0.1, 0.15) is 5.75 Å². The quantitative estimate of drug-likeness (QED) is 0.168. The van der Waals surface area contributed by atoms with Gasteiger partial charge in [0.2, 0.25) is 0 Å². The normalized spacial score (nSPS) is 10.6. The second-order valence-corrected chi connectivity index (χ2v) is 7.38. The predicted octanol–water partition coefficient (Wildman–Crippen LogP) is 4.99. The number of carbonyl (C=O) groups is 2. The zero-order valence-electron chi connectivity index (χ0n) is 15.6. The number of nitrogens with zero attached hydrogens (tertiary/aromatic N) is 2. The first-order valence-corrected chi connectivity index (χ1v) is 9.86. The van der Waals surface area contributed by atoms with Gasteiger partial charge in [0, 0.05) is 22.7 Å². The number of nitro benzene ring substituents is 1. The molecule has 3 aromatic carbocycles. The maximum atomic E-state index is 12.2. The summed E-state index contributed by atoms with van der Waals surface area (Å²) in [5, 5.41) is 15.1. The molecule has 1 N–H and O–H groups in total. The summed E-state index contributed by atoms with van der Waals surface area (Å²) in [4.78, 5) is 34.4. The molecule has 0 aliphatic heterocycles. The van der Waals surface area contributed by atoms with E-state index in [9.17, 15) is 19.7 Å². The van der Waals surface area contributed by atoms with Crippen LogP contribution < -0.4 is 10.2 Å². The van der Waals surface area contributed by atoms with Crippen molar-refractivity contribution in [3.63, 3.8) is 0 Å². The van der Waals surface area contributed by atoms with Crippen molar-refractivity contribution in [1.29, 1.82) is 0 Å². The molecule has 0 heterocycles. The summed E-state index contributed by atoms with van der Waals surface area (Å²) in [5.74, 6) is -0.793. The predicted molar refractivity (Wildman–Crippen MR) is 119 cm³/mol. The van der Waals surface area contributed by atoms with E-state index in [1.165, 1.54) is 30.5 Å². The fraction of sp³-hybridized carbons (Fsp3) is 0. The van der Waals surface area contributed by atoms with E-state index in [-0.39, 0.29) is 22.9 Å². The van der Waals surface area contributed by atoms with Gasteiger partial charge in [-0.2, -0.15) is 5.10 Å². The summed E-state index contributed by atoms with van der Waals surface area (Å²) in [6.45, 7) is 0. The van der Waals surface area contributed by atoms with Gasteiger partial charge in [-0.1, -0.05) is 11.6 Å². The number of amides is 1. The van der Waals surface area contributed by atoms with Crippen molar-refractivity contribution in [2.24, 2.45) is 5.10 Å². The molecule has 0 aliphatic carbocycles. The number of nitrogens with one attached hydrogen (secondary N) is 1. The molecular weight excluding hydrogens is 490 g/mol. The molecule has 0 bridgehead atoms. The molecule has 0 atom stereocenters. The highest BCUT2D eigenvalue weighted by atomic mass is 79.9. The lowest BCUT2D eigenvalue weighted by Gasteiger charge is -2.07. The highest BCUT2D eigenvalue weighted by molar-refractivity contribution is 9.10. The van der Waals surface area contributed by atoms with Gasteiger partial charge < -0.3 is 4.74 Å². The van der Waals surface area contributed by atoms with Gasteiger partial charge in [-0.15, -0.1) is 0 Å². The third kappa shape index (κ3) is 5.97. The topological polar surface area (TPSA) is 111 Å². The van der Waals surface area contributed by atoms with Crippen molar-refractivity contribution in [2.75, 3.05) is 0 Å². The monoisotopic (exact) mass is 501 g/mol. The second kappa shape index (κ2) is 9.96. The van der Waals surface area contributed by atoms with E-state index < -0.39 is 10.9 Å². The zero-order valence-corrected chi connectivity index (χ0v) is 18.0. The van der Waals surface area contributed by atoms with Crippen LogP contribution in [0.3, 0.4) is 0 Å². The number of carbonyl (C=O) groups excluding carboxylic acids is 2. The van der Waals surface area contributed by atoms with Crippen LogP contribution in [0.5, 0.6) is 5.75 Å². The molecular formula is C21H13BrClN3O5. The Kier molecular flexibility index (Phi) is 7.11. The average molecular weight is 503 g/mol. The van der Waals surface area contributed by atoms with Gasteiger partial charge in [0.05, 0.1) is 21.2 Å². The van der Waals surface area contributed by atoms with E-state index in [1.54, 1.807) is 42.5 Å². The number of non-ortho nitro benzene ring substituents is 1. The molecule has 8 nitrogen and oxygen atoms in total. The Bertz CT molecular complexity index is 1160. The Hall–Kier alpha value is -3.56. The third-order valence-corrected chi connectivity index (χ3v) is 4.83. The summed E-state index contributed by atoms with van der Waals surface area (Å²) in [7, 11) is 0. The molecule has 0 saturated carbocycles. The summed E-state index contributed by atoms with van der Waals surface area (Å²) < 4.78 is 5.80. The first kappa shape index (κ1) is 22.1. The Morgan fingerprint density at radius 2 is 1.68 bits per heavy atom. The Labute approximate surface area is 189 Å². The molecule has 3 rings (SSSR count). The number of benzene rings is 3. The molecule has 0 spiro atoms. The Balaban J connectivity index is 1.62. The van der Waals surface area contributed by atoms with Crippen molar-refractivity contribution in [3.8, 4) is 5.75 Å². The second-order valence-electron chi connectivity index (χ2n) is 6.09.